The van der Waals surface area contributed by atoms with Crippen molar-refractivity contribution in [3.8, 4) is 0 Å². The molecule has 0 radical (unpaired) electrons. The Morgan fingerprint density at radius 1 is 1.20 bits per heavy atom. The highest BCUT2D eigenvalue weighted by Crippen LogP contribution is 2.33. The molecule has 0 atom stereocenters. The summed E-state index contributed by atoms with van der Waals surface area (Å²) in [5, 5.41) is 1.20. The minimum absolute atomic E-state index is 1.20. The van der Waals surface area contributed by atoms with Crippen molar-refractivity contribution in [1.82, 2.24) is 9.55 Å². The summed E-state index contributed by atoms with van der Waals surface area (Å²) < 4.78 is 2.38. The molecule has 80 valence electrons. The third kappa shape index (κ3) is 1.33. The van der Waals surface area contributed by atoms with Gasteiger partial charge in [-0.3, -0.25) is 0 Å². The Balaban J connectivity index is 2.29. The van der Waals surface area contributed by atoms with Crippen molar-refractivity contribution >= 4 is 21.7 Å². The van der Waals surface area contributed by atoms with Crippen LogP contribution in [0, 0.1) is 6.92 Å². The van der Waals surface area contributed by atoms with Gasteiger partial charge in [0.05, 0.1) is 5.01 Å². The fraction of sp³-hybridized carbons (Fsp3) is 0.583. The molecule has 0 spiro atoms. The van der Waals surface area contributed by atoms with Gasteiger partial charge in [-0.05, 0) is 32.6 Å². The summed E-state index contributed by atoms with van der Waals surface area (Å²) in [6.07, 6.45) is 6.53. The van der Waals surface area contributed by atoms with Gasteiger partial charge in [0.15, 0.2) is 0 Å². The normalized spacial score (nSPS) is 16.7. The van der Waals surface area contributed by atoms with Gasteiger partial charge >= 0.3 is 0 Å². The van der Waals surface area contributed by atoms with E-state index in [2.05, 4.69) is 23.5 Å². The Morgan fingerprint density at radius 3 is 2.87 bits per heavy atom. The third-order valence-electron chi connectivity index (χ3n) is 3.40. The molecule has 0 saturated heterocycles. The summed E-state index contributed by atoms with van der Waals surface area (Å²) in [5.74, 6) is 0. The number of aryl methyl sites for hydroxylation is 3. The Morgan fingerprint density at radius 2 is 2.00 bits per heavy atom. The lowest BCUT2D eigenvalue weighted by Gasteiger charge is -2.02. The summed E-state index contributed by atoms with van der Waals surface area (Å²) in [6, 6.07) is 0. The van der Waals surface area contributed by atoms with E-state index in [4.69, 9.17) is 0 Å². The molecule has 0 aromatic carbocycles. The van der Waals surface area contributed by atoms with Crippen LogP contribution in [0.1, 0.15) is 35.5 Å². The molecule has 2 heterocycles. The largest absolute Gasteiger partial charge is 0.338 e. The van der Waals surface area contributed by atoms with Gasteiger partial charge in [-0.25, -0.2) is 4.98 Å². The fourth-order valence-corrected chi connectivity index (χ4v) is 3.58. The Hall–Kier alpha value is -0.830. The second kappa shape index (κ2) is 3.34. The van der Waals surface area contributed by atoms with Gasteiger partial charge in [-0.2, -0.15) is 0 Å². The van der Waals surface area contributed by atoms with E-state index >= 15 is 0 Å². The number of hydrogen-bond donors (Lipinski definition) is 0. The third-order valence-corrected chi connectivity index (χ3v) is 4.45. The van der Waals surface area contributed by atoms with Crippen LogP contribution in [0.25, 0.3) is 10.3 Å². The van der Waals surface area contributed by atoms with Crippen molar-refractivity contribution in [2.24, 2.45) is 7.05 Å². The van der Waals surface area contributed by atoms with Crippen LogP contribution in [-0.2, 0) is 19.9 Å². The molecule has 0 unspecified atom stereocenters. The van der Waals surface area contributed by atoms with E-state index in [0.29, 0.717) is 0 Å². The van der Waals surface area contributed by atoms with Crippen LogP contribution >= 0.6 is 11.3 Å². The Bertz CT molecular complexity index is 507. The average molecular weight is 220 g/mol. The van der Waals surface area contributed by atoms with Crippen molar-refractivity contribution in [1.29, 1.82) is 0 Å². The Labute approximate surface area is 93.9 Å². The first-order valence-electron chi connectivity index (χ1n) is 5.71. The van der Waals surface area contributed by atoms with Crippen LogP contribution in [-0.4, -0.2) is 9.55 Å². The zero-order valence-corrected chi connectivity index (χ0v) is 10.2. The summed E-state index contributed by atoms with van der Waals surface area (Å²) in [5.41, 5.74) is 4.37. The Kier molecular flexibility index (Phi) is 2.09. The summed E-state index contributed by atoms with van der Waals surface area (Å²) in [4.78, 5) is 6.06. The zero-order chi connectivity index (χ0) is 10.4. The lowest BCUT2D eigenvalue weighted by atomic mass is 10.1. The summed E-state index contributed by atoms with van der Waals surface area (Å²) in [6.45, 7) is 2.10. The minimum Gasteiger partial charge on any atom is -0.338 e. The van der Waals surface area contributed by atoms with Gasteiger partial charge in [0.25, 0.3) is 0 Å². The van der Waals surface area contributed by atoms with Crippen molar-refractivity contribution in [2.75, 3.05) is 0 Å². The van der Waals surface area contributed by atoms with E-state index in [9.17, 15) is 0 Å². The number of fused-ring (bicyclic) bond motifs is 3. The first-order chi connectivity index (χ1) is 7.27. The molecule has 2 nitrogen and oxygen atoms in total. The standard InChI is InChI=1S/C12H16N2S/c1-8-13-11-9-6-4-3-5-7-10(9)14(2)12(11)15-8/h3-7H2,1-2H3. The maximum absolute atomic E-state index is 4.69. The molecular formula is C12H16N2S. The van der Waals surface area contributed by atoms with Crippen molar-refractivity contribution < 1.29 is 0 Å². The van der Waals surface area contributed by atoms with E-state index in [1.165, 1.54) is 53.0 Å². The van der Waals surface area contributed by atoms with Crippen LogP contribution in [0.15, 0.2) is 0 Å². The number of hydrogen-bond acceptors (Lipinski definition) is 2. The van der Waals surface area contributed by atoms with Crippen molar-refractivity contribution in [2.45, 2.75) is 39.0 Å². The summed E-state index contributed by atoms with van der Waals surface area (Å²) >= 11 is 1.83. The van der Waals surface area contributed by atoms with Gasteiger partial charge in [0, 0.05) is 18.3 Å². The highest BCUT2D eigenvalue weighted by molar-refractivity contribution is 7.18. The first kappa shape index (κ1) is 9.40. The average Bonchev–Trinajstić information content (AvgIpc) is 2.59. The van der Waals surface area contributed by atoms with Crippen LogP contribution in [0.4, 0.5) is 0 Å². The lowest BCUT2D eigenvalue weighted by molar-refractivity contribution is 0.699. The molecule has 3 heteroatoms. The quantitative estimate of drug-likeness (QED) is 0.623. The van der Waals surface area contributed by atoms with Crippen molar-refractivity contribution in [3.05, 3.63) is 16.3 Å². The molecule has 2 aromatic rings. The number of aromatic nitrogens is 2. The summed E-state index contributed by atoms with van der Waals surface area (Å²) in [7, 11) is 2.20. The maximum Gasteiger partial charge on any atom is 0.123 e. The molecule has 1 aliphatic rings. The number of thiazole rings is 1. The van der Waals surface area contributed by atoms with Crippen LogP contribution in [0.3, 0.4) is 0 Å². The monoisotopic (exact) mass is 220 g/mol. The molecule has 0 N–H and O–H groups in total. The second-order valence-corrected chi connectivity index (χ2v) is 5.61. The fourth-order valence-electron chi connectivity index (χ4n) is 2.65. The lowest BCUT2D eigenvalue weighted by Crippen LogP contribution is -1.96. The molecule has 0 aliphatic heterocycles. The van der Waals surface area contributed by atoms with Crippen LogP contribution < -0.4 is 0 Å². The molecule has 15 heavy (non-hydrogen) atoms. The topological polar surface area (TPSA) is 17.8 Å². The van der Waals surface area contributed by atoms with Gasteiger partial charge < -0.3 is 4.57 Å². The van der Waals surface area contributed by atoms with E-state index in [-0.39, 0.29) is 0 Å². The highest BCUT2D eigenvalue weighted by Gasteiger charge is 2.19. The van der Waals surface area contributed by atoms with E-state index in [1.54, 1.807) is 5.69 Å². The number of rotatable bonds is 0. The molecule has 0 fully saturated rings. The van der Waals surface area contributed by atoms with Crippen molar-refractivity contribution in [3.63, 3.8) is 0 Å². The van der Waals surface area contributed by atoms with Crippen LogP contribution in [0.5, 0.6) is 0 Å². The van der Waals surface area contributed by atoms with Crippen LogP contribution in [0.2, 0.25) is 0 Å². The molecule has 2 aromatic heterocycles. The molecular weight excluding hydrogens is 204 g/mol. The predicted molar refractivity (Wildman–Crippen MR) is 64.6 cm³/mol. The van der Waals surface area contributed by atoms with Gasteiger partial charge in [0.1, 0.15) is 10.3 Å². The molecule has 3 rings (SSSR count). The van der Waals surface area contributed by atoms with Gasteiger partial charge in [0.2, 0.25) is 0 Å². The predicted octanol–water partition coefficient (Wildman–Crippen LogP) is 3.21. The highest BCUT2D eigenvalue weighted by atomic mass is 32.1. The zero-order valence-electron chi connectivity index (χ0n) is 9.34. The van der Waals surface area contributed by atoms with E-state index in [0.717, 1.165) is 0 Å². The number of nitrogens with zero attached hydrogens (tertiary/aromatic N) is 2. The van der Waals surface area contributed by atoms with E-state index in [1.807, 2.05) is 11.3 Å². The maximum atomic E-state index is 4.69. The SMILES string of the molecule is Cc1nc2c3c(n(C)c2s1)CCCCC3. The molecule has 1 aliphatic carbocycles. The second-order valence-electron chi connectivity index (χ2n) is 4.43. The van der Waals surface area contributed by atoms with Gasteiger partial charge in [-0.15, -0.1) is 11.3 Å². The van der Waals surface area contributed by atoms with E-state index < -0.39 is 0 Å². The van der Waals surface area contributed by atoms with Gasteiger partial charge in [-0.1, -0.05) is 6.42 Å². The minimum atomic E-state index is 1.20. The molecule has 0 saturated carbocycles. The first-order valence-corrected chi connectivity index (χ1v) is 6.52. The molecule has 0 amide bonds. The molecule has 0 bridgehead atoms. The smallest absolute Gasteiger partial charge is 0.123 e.